The van der Waals surface area contributed by atoms with Gasteiger partial charge in [-0.15, -0.1) is 13.2 Å². The molecule has 1 aliphatic heterocycles. The van der Waals surface area contributed by atoms with Gasteiger partial charge in [-0.25, -0.2) is 0 Å². The molecular weight excluding hydrogens is 343 g/mol. The van der Waals surface area contributed by atoms with Crippen molar-refractivity contribution in [3.8, 4) is 5.75 Å². The summed E-state index contributed by atoms with van der Waals surface area (Å²) in [7, 11) is 0. The van der Waals surface area contributed by atoms with Crippen LogP contribution in [0.25, 0.3) is 0 Å². The number of nitrogens with zero attached hydrogens (tertiary/aromatic N) is 2. The fourth-order valence-corrected chi connectivity index (χ4v) is 2.44. The predicted molar refractivity (Wildman–Crippen MR) is 82.3 cm³/mol. The molecule has 0 saturated carbocycles. The van der Waals surface area contributed by atoms with E-state index in [4.69, 9.17) is 5.11 Å². The van der Waals surface area contributed by atoms with Gasteiger partial charge < -0.3 is 15.2 Å². The van der Waals surface area contributed by atoms with Crippen molar-refractivity contribution in [2.45, 2.75) is 6.36 Å². The standard InChI is InChI=1S/C15H18F3N3O4/c16-15(17,18)25-12-3-1-11(2-4-12)19-13(22)9-20-5-7-21(8-6-20)10-14(23)24/h1-4H,5-10H2,(H,19,22)(H,23,24). The van der Waals surface area contributed by atoms with Crippen molar-refractivity contribution >= 4 is 17.6 Å². The van der Waals surface area contributed by atoms with Gasteiger partial charge in [0.25, 0.3) is 0 Å². The van der Waals surface area contributed by atoms with Crippen molar-refractivity contribution in [1.29, 1.82) is 0 Å². The van der Waals surface area contributed by atoms with Crippen molar-refractivity contribution in [2.75, 3.05) is 44.6 Å². The summed E-state index contributed by atoms with van der Waals surface area (Å²) in [5.41, 5.74) is 0.365. The molecule has 2 rings (SSSR count). The zero-order valence-corrected chi connectivity index (χ0v) is 13.3. The number of halogens is 3. The number of aliphatic carboxylic acids is 1. The van der Waals surface area contributed by atoms with E-state index in [2.05, 4.69) is 10.1 Å². The Morgan fingerprint density at radius 1 is 1.04 bits per heavy atom. The average molecular weight is 361 g/mol. The number of alkyl halides is 3. The van der Waals surface area contributed by atoms with Crippen LogP contribution in [-0.4, -0.2) is 72.4 Å². The minimum absolute atomic E-state index is 0.0214. The number of piperazine rings is 1. The van der Waals surface area contributed by atoms with Crippen LogP contribution < -0.4 is 10.1 Å². The van der Waals surface area contributed by atoms with E-state index in [1.165, 1.54) is 12.1 Å². The van der Waals surface area contributed by atoms with E-state index < -0.39 is 12.3 Å². The molecule has 1 aliphatic rings. The number of carboxylic acids is 1. The topological polar surface area (TPSA) is 82.1 Å². The molecule has 25 heavy (non-hydrogen) atoms. The smallest absolute Gasteiger partial charge is 0.480 e. The molecule has 2 N–H and O–H groups in total. The quantitative estimate of drug-likeness (QED) is 0.793. The van der Waals surface area contributed by atoms with Crippen LogP contribution in [-0.2, 0) is 9.59 Å². The first-order valence-corrected chi connectivity index (χ1v) is 7.53. The average Bonchev–Trinajstić information content (AvgIpc) is 2.49. The molecule has 10 heteroatoms. The molecule has 1 heterocycles. The molecule has 1 aromatic rings. The zero-order valence-electron chi connectivity index (χ0n) is 13.3. The third-order valence-corrected chi connectivity index (χ3v) is 3.56. The molecule has 138 valence electrons. The van der Waals surface area contributed by atoms with Gasteiger partial charge >= 0.3 is 12.3 Å². The van der Waals surface area contributed by atoms with E-state index in [0.717, 1.165) is 12.1 Å². The number of nitrogens with one attached hydrogen (secondary N) is 1. The molecule has 0 aromatic heterocycles. The Morgan fingerprint density at radius 2 is 1.56 bits per heavy atom. The van der Waals surface area contributed by atoms with Gasteiger partial charge in [-0.1, -0.05) is 0 Å². The van der Waals surface area contributed by atoms with Gasteiger partial charge in [0.1, 0.15) is 5.75 Å². The summed E-state index contributed by atoms with van der Waals surface area (Å²) in [6.07, 6.45) is -4.76. The molecule has 0 unspecified atom stereocenters. The van der Waals surface area contributed by atoms with Crippen molar-refractivity contribution in [3.63, 3.8) is 0 Å². The Hall–Kier alpha value is -2.33. The summed E-state index contributed by atoms with van der Waals surface area (Å²) >= 11 is 0. The number of hydrogen-bond donors (Lipinski definition) is 2. The van der Waals surface area contributed by atoms with Gasteiger partial charge in [0.15, 0.2) is 0 Å². The van der Waals surface area contributed by atoms with E-state index >= 15 is 0 Å². The molecule has 1 fully saturated rings. The second-order valence-corrected chi connectivity index (χ2v) is 5.57. The summed E-state index contributed by atoms with van der Waals surface area (Å²) in [6.45, 7) is 2.36. The van der Waals surface area contributed by atoms with Gasteiger partial charge in [-0.05, 0) is 24.3 Å². The van der Waals surface area contributed by atoms with Crippen molar-refractivity contribution < 1.29 is 32.6 Å². The normalized spacial score (nSPS) is 16.4. The zero-order chi connectivity index (χ0) is 18.4. The number of hydrogen-bond acceptors (Lipinski definition) is 5. The van der Waals surface area contributed by atoms with Crippen LogP contribution in [0.5, 0.6) is 5.75 Å². The number of benzene rings is 1. The van der Waals surface area contributed by atoms with Crippen molar-refractivity contribution in [1.82, 2.24) is 9.80 Å². The lowest BCUT2D eigenvalue weighted by atomic mass is 10.3. The highest BCUT2D eigenvalue weighted by molar-refractivity contribution is 5.92. The number of carbonyl (C=O) groups is 2. The first kappa shape index (κ1) is 19.0. The molecule has 0 atom stereocenters. The number of amides is 1. The molecule has 1 aromatic carbocycles. The number of carbonyl (C=O) groups excluding carboxylic acids is 1. The van der Waals surface area contributed by atoms with E-state index in [0.29, 0.717) is 31.9 Å². The van der Waals surface area contributed by atoms with E-state index in [-0.39, 0.29) is 24.7 Å². The maximum atomic E-state index is 12.1. The Morgan fingerprint density at radius 3 is 2.04 bits per heavy atom. The summed E-state index contributed by atoms with van der Waals surface area (Å²) < 4.78 is 40.0. The monoisotopic (exact) mass is 361 g/mol. The van der Waals surface area contributed by atoms with Crippen LogP contribution in [0.4, 0.5) is 18.9 Å². The number of ether oxygens (including phenoxy) is 1. The number of carboxylic acid groups (broad SMARTS) is 1. The second-order valence-electron chi connectivity index (χ2n) is 5.57. The van der Waals surface area contributed by atoms with Gasteiger partial charge in [-0.3, -0.25) is 19.4 Å². The van der Waals surface area contributed by atoms with Crippen LogP contribution >= 0.6 is 0 Å². The third-order valence-electron chi connectivity index (χ3n) is 3.56. The fourth-order valence-electron chi connectivity index (χ4n) is 2.44. The molecule has 1 amide bonds. The SMILES string of the molecule is O=C(O)CN1CCN(CC(=O)Nc2ccc(OC(F)(F)F)cc2)CC1. The Kier molecular flexibility index (Phi) is 6.21. The number of rotatable bonds is 6. The highest BCUT2D eigenvalue weighted by atomic mass is 19.4. The highest BCUT2D eigenvalue weighted by Gasteiger charge is 2.31. The van der Waals surface area contributed by atoms with Crippen LogP contribution in [0.15, 0.2) is 24.3 Å². The molecule has 7 nitrogen and oxygen atoms in total. The lowest BCUT2D eigenvalue weighted by Gasteiger charge is -2.33. The summed E-state index contributed by atoms with van der Waals surface area (Å²) in [6, 6.07) is 4.88. The van der Waals surface area contributed by atoms with Gasteiger partial charge in [0.2, 0.25) is 5.91 Å². The van der Waals surface area contributed by atoms with E-state index in [1.807, 2.05) is 4.90 Å². The van der Waals surface area contributed by atoms with Gasteiger partial charge in [-0.2, -0.15) is 0 Å². The maximum absolute atomic E-state index is 12.1. The summed E-state index contributed by atoms with van der Waals surface area (Å²) in [5.74, 6) is -1.54. The molecular formula is C15H18F3N3O4. The first-order chi connectivity index (χ1) is 11.7. The second kappa shape index (κ2) is 8.17. The molecule has 0 radical (unpaired) electrons. The maximum Gasteiger partial charge on any atom is 0.573 e. The van der Waals surface area contributed by atoms with Crippen molar-refractivity contribution in [3.05, 3.63) is 24.3 Å². The fraction of sp³-hybridized carbons (Fsp3) is 0.467. The van der Waals surface area contributed by atoms with E-state index in [1.54, 1.807) is 4.90 Å². The van der Waals surface area contributed by atoms with E-state index in [9.17, 15) is 22.8 Å². The molecule has 1 saturated heterocycles. The minimum atomic E-state index is -4.76. The molecule has 0 spiro atoms. The van der Waals surface area contributed by atoms with Gasteiger partial charge in [0, 0.05) is 31.9 Å². The third kappa shape index (κ3) is 6.98. The molecule has 0 bridgehead atoms. The van der Waals surface area contributed by atoms with Gasteiger partial charge in [0.05, 0.1) is 13.1 Å². The largest absolute Gasteiger partial charge is 0.573 e. The lowest BCUT2D eigenvalue weighted by Crippen LogP contribution is -2.49. The van der Waals surface area contributed by atoms with Crippen LogP contribution in [0.3, 0.4) is 0 Å². The first-order valence-electron chi connectivity index (χ1n) is 7.53. The predicted octanol–water partition coefficient (Wildman–Crippen LogP) is 1.23. The molecule has 0 aliphatic carbocycles. The Labute approximate surface area is 142 Å². The number of anilines is 1. The Bertz CT molecular complexity index is 599. The summed E-state index contributed by atoms with van der Waals surface area (Å²) in [4.78, 5) is 26.3. The lowest BCUT2D eigenvalue weighted by molar-refractivity contribution is -0.274. The Balaban J connectivity index is 1.76. The highest BCUT2D eigenvalue weighted by Crippen LogP contribution is 2.23. The van der Waals surface area contributed by atoms with Crippen LogP contribution in [0, 0.1) is 0 Å². The minimum Gasteiger partial charge on any atom is -0.480 e. The van der Waals surface area contributed by atoms with Crippen LogP contribution in [0.2, 0.25) is 0 Å². The van der Waals surface area contributed by atoms with Crippen molar-refractivity contribution in [2.24, 2.45) is 0 Å². The van der Waals surface area contributed by atoms with Crippen LogP contribution in [0.1, 0.15) is 0 Å². The summed E-state index contributed by atoms with van der Waals surface area (Å²) in [5, 5.41) is 11.3.